The Morgan fingerprint density at radius 3 is 2.22 bits per heavy atom. The van der Waals surface area contributed by atoms with Crippen LogP contribution in [0.25, 0.3) is 0 Å². The highest BCUT2D eigenvalue weighted by atomic mass is 32.2. The fourth-order valence-electron chi connectivity index (χ4n) is 3.37. The quantitative estimate of drug-likeness (QED) is 0.567. The lowest BCUT2D eigenvalue weighted by Gasteiger charge is -2.31. The van der Waals surface area contributed by atoms with Crippen LogP contribution in [0.3, 0.4) is 0 Å². The molecule has 2 aromatic carbocycles. The molecule has 27 heavy (non-hydrogen) atoms. The summed E-state index contributed by atoms with van der Waals surface area (Å²) in [6.07, 6.45) is 2.11. The molecule has 0 spiro atoms. The van der Waals surface area contributed by atoms with Gasteiger partial charge >= 0.3 is 0 Å². The van der Waals surface area contributed by atoms with Crippen LogP contribution in [0.4, 0.5) is 5.69 Å². The summed E-state index contributed by atoms with van der Waals surface area (Å²) in [5.74, 6) is 0. The lowest BCUT2D eigenvalue weighted by Crippen LogP contribution is -3.14. The van der Waals surface area contributed by atoms with Gasteiger partial charge in [-0.05, 0) is 24.1 Å². The zero-order valence-corrected chi connectivity index (χ0v) is 15.9. The number of nitro groups is 1. The van der Waals surface area contributed by atoms with Gasteiger partial charge in [-0.3, -0.25) is 10.1 Å². The first-order valence-electron chi connectivity index (χ1n) is 9.09. The molecule has 1 aliphatic rings. The van der Waals surface area contributed by atoms with Crippen LogP contribution >= 0.6 is 0 Å². The molecular weight excluding hydrogens is 366 g/mol. The second-order valence-electron chi connectivity index (χ2n) is 6.74. The Hall–Kier alpha value is -2.29. The highest BCUT2D eigenvalue weighted by Gasteiger charge is 2.30. The van der Waals surface area contributed by atoms with Gasteiger partial charge in [0.25, 0.3) is 5.69 Å². The molecule has 3 rings (SSSR count). The monoisotopic (exact) mass is 390 g/mol. The Balaban J connectivity index is 1.51. The van der Waals surface area contributed by atoms with Gasteiger partial charge in [0, 0.05) is 18.6 Å². The molecule has 1 fully saturated rings. The smallest absolute Gasteiger partial charge is 0.269 e. The van der Waals surface area contributed by atoms with Gasteiger partial charge in [-0.25, -0.2) is 8.42 Å². The average Bonchev–Trinajstić information content (AvgIpc) is 2.69. The maximum absolute atomic E-state index is 12.7. The number of sulfonamides is 1. The third-order valence-corrected chi connectivity index (χ3v) is 6.87. The van der Waals surface area contributed by atoms with Crippen molar-refractivity contribution in [3.8, 4) is 0 Å². The van der Waals surface area contributed by atoms with E-state index in [1.807, 2.05) is 18.2 Å². The van der Waals surface area contributed by atoms with E-state index in [1.54, 1.807) is 0 Å². The first-order chi connectivity index (χ1) is 13.0. The van der Waals surface area contributed by atoms with Gasteiger partial charge in [0.2, 0.25) is 10.0 Å². The van der Waals surface area contributed by atoms with Crippen molar-refractivity contribution >= 4 is 15.7 Å². The van der Waals surface area contributed by atoms with Crippen LogP contribution in [0, 0.1) is 10.1 Å². The zero-order chi connectivity index (χ0) is 19.3. The SMILES string of the molecule is O=[N+]([O-])c1ccc(S(=O)(=O)N2CC[NH+](CCCc3ccccc3)CC2)cc1. The van der Waals surface area contributed by atoms with E-state index in [4.69, 9.17) is 0 Å². The van der Waals surface area contributed by atoms with E-state index in [0.29, 0.717) is 13.1 Å². The number of non-ortho nitro benzene ring substituents is 1. The van der Waals surface area contributed by atoms with Crippen LogP contribution in [0.15, 0.2) is 59.5 Å². The highest BCUT2D eigenvalue weighted by Crippen LogP contribution is 2.19. The predicted molar refractivity (Wildman–Crippen MR) is 102 cm³/mol. The summed E-state index contributed by atoms with van der Waals surface area (Å²) in [4.78, 5) is 11.7. The Kier molecular flexibility index (Phi) is 6.20. The number of aryl methyl sites for hydroxylation is 1. The molecule has 0 bridgehead atoms. The molecule has 0 aromatic heterocycles. The Morgan fingerprint density at radius 2 is 1.63 bits per heavy atom. The van der Waals surface area contributed by atoms with Crippen molar-refractivity contribution in [2.75, 3.05) is 32.7 Å². The van der Waals surface area contributed by atoms with Crippen molar-refractivity contribution in [1.29, 1.82) is 0 Å². The van der Waals surface area contributed by atoms with Crippen LogP contribution in [0.2, 0.25) is 0 Å². The average molecular weight is 390 g/mol. The van der Waals surface area contributed by atoms with Gasteiger partial charge in [-0.1, -0.05) is 30.3 Å². The number of hydrogen-bond donors (Lipinski definition) is 1. The van der Waals surface area contributed by atoms with Crippen LogP contribution in [0.1, 0.15) is 12.0 Å². The summed E-state index contributed by atoms with van der Waals surface area (Å²) in [5, 5.41) is 10.7. The number of benzene rings is 2. The Morgan fingerprint density at radius 1 is 1.00 bits per heavy atom. The number of nitro benzene ring substituents is 1. The molecule has 0 atom stereocenters. The summed E-state index contributed by atoms with van der Waals surface area (Å²) in [6.45, 7) is 3.53. The fraction of sp³-hybridized carbons (Fsp3) is 0.368. The van der Waals surface area contributed by atoms with Gasteiger partial charge in [0.1, 0.15) is 0 Å². The minimum atomic E-state index is -3.59. The van der Waals surface area contributed by atoms with Crippen molar-refractivity contribution in [3.05, 3.63) is 70.3 Å². The van der Waals surface area contributed by atoms with Gasteiger partial charge in [0.15, 0.2) is 0 Å². The van der Waals surface area contributed by atoms with Crippen molar-refractivity contribution in [2.24, 2.45) is 0 Å². The molecule has 0 aliphatic carbocycles. The molecule has 8 heteroatoms. The second kappa shape index (κ2) is 8.60. The summed E-state index contributed by atoms with van der Waals surface area (Å²) >= 11 is 0. The molecule has 2 aromatic rings. The highest BCUT2D eigenvalue weighted by molar-refractivity contribution is 7.89. The maximum Gasteiger partial charge on any atom is 0.269 e. The topological polar surface area (TPSA) is 85.0 Å². The molecule has 144 valence electrons. The van der Waals surface area contributed by atoms with Gasteiger partial charge < -0.3 is 4.90 Å². The van der Waals surface area contributed by atoms with E-state index < -0.39 is 14.9 Å². The number of piperazine rings is 1. The summed E-state index contributed by atoms with van der Waals surface area (Å²) in [6, 6.07) is 15.5. The minimum Gasteiger partial charge on any atom is -0.333 e. The fourth-order valence-corrected chi connectivity index (χ4v) is 4.81. The molecule has 0 radical (unpaired) electrons. The first kappa shape index (κ1) is 19.5. The van der Waals surface area contributed by atoms with E-state index >= 15 is 0 Å². The van der Waals surface area contributed by atoms with E-state index in [-0.39, 0.29) is 10.6 Å². The number of quaternary nitrogens is 1. The van der Waals surface area contributed by atoms with Crippen LogP contribution in [-0.4, -0.2) is 50.4 Å². The molecule has 1 aliphatic heterocycles. The van der Waals surface area contributed by atoms with Crippen molar-refractivity contribution in [3.63, 3.8) is 0 Å². The summed E-state index contributed by atoms with van der Waals surface area (Å²) < 4.78 is 26.9. The minimum absolute atomic E-state index is 0.110. The third kappa shape index (κ3) is 4.91. The van der Waals surface area contributed by atoms with Crippen molar-refractivity contribution in [2.45, 2.75) is 17.7 Å². The number of nitrogens with zero attached hydrogens (tertiary/aromatic N) is 2. The molecule has 1 N–H and O–H groups in total. The molecule has 1 heterocycles. The maximum atomic E-state index is 12.7. The lowest BCUT2D eigenvalue weighted by molar-refractivity contribution is -0.903. The largest absolute Gasteiger partial charge is 0.333 e. The Labute approximate surface area is 159 Å². The molecule has 7 nitrogen and oxygen atoms in total. The number of rotatable bonds is 7. The Bertz CT molecular complexity index is 862. The van der Waals surface area contributed by atoms with Crippen molar-refractivity contribution < 1.29 is 18.2 Å². The standard InChI is InChI=1S/C19H23N3O4S/c23-22(24)18-8-10-19(11-9-18)27(25,26)21-15-13-20(14-16-21)12-4-7-17-5-2-1-3-6-17/h1-3,5-6,8-11H,4,7,12-16H2/p+1. The number of hydrogen-bond acceptors (Lipinski definition) is 4. The van der Waals surface area contributed by atoms with Gasteiger partial charge in [-0.15, -0.1) is 0 Å². The molecular formula is C19H24N3O4S+. The van der Waals surface area contributed by atoms with Crippen LogP contribution in [0.5, 0.6) is 0 Å². The molecule has 1 saturated heterocycles. The summed E-state index contributed by atoms with van der Waals surface area (Å²) in [5.41, 5.74) is 1.22. The predicted octanol–water partition coefficient (Wildman–Crippen LogP) is 1.12. The molecule has 0 amide bonds. The molecule has 0 unspecified atom stereocenters. The third-order valence-electron chi connectivity index (χ3n) is 4.95. The number of nitrogens with one attached hydrogen (secondary N) is 1. The van der Waals surface area contributed by atoms with E-state index in [0.717, 1.165) is 32.5 Å². The van der Waals surface area contributed by atoms with Gasteiger partial charge in [-0.2, -0.15) is 4.31 Å². The molecule has 0 saturated carbocycles. The normalized spacial score (nSPS) is 16.3. The first-order valence-corrected chi connectivity index (χ1v) is 10.5. The van der Waals surface area contributed by atoms with E-state index in [9.17, 15) is 18.5 Å². The zero-order valence-electron chi connectivity index (χ0n) is 15.1. The van der Waals surface area contributed by atoms with E-state index in [2.05, 4.69) is 12.1 Å². The van der Waals surface area contributed by atoms with E-state index in [1.165, 1.54) is 39.0 Å². The van der Waals surface area contributed by atoms with Crippen LogP contribution < -0.4 is 4.90 Å². The van der Waals surface area contributed by atoms with Gasteiger partial charge in [0.05, 0.1) is 42.5 Å². The second-order valence-corrected chi connectivity index (χ2v) is 8.68. The van der Waals surface area contributed by atoms with Crippen molar-refractivity contribution in [1.82, 2.24) is 4.31 Å². The lowest BCUT2D eigenvalue weighted by atomic mass is 10.1. The van der Waals surface area contributed by atoms with Crippen LogP contribution in [-0.2, 0) is 16.4 Å². The summed E-state index contributed by atoms with van der Waals surface area (Å²) in [7, 11) is -3.59.